The third-order valence-corrected chi connectivity index (χ3v) is 5.93. The maximum absolute atomic E-state index is 12.0. The summed E-state index contributed by atoms with van der Waals surface area (Å²) in [5.41, 5.74) is 1.53. The van der Waals surface area contributed by atoms with Gasteiger partial charge in [-0.05, 0) is 36.2 Å². The zero-order valence-corrected chi connectivity index (χ0v) is 13.8. The molecule has 0 N–H and O–H groups in total. The van der Waals surface area contributed by atoms with Crippen LogP contribution in [0.3, 0.4) is 0 Å². The van der Waals surface area contributed by atoms with E-state index in [1.54, 1.807) is 0 Å². The molecule has 1 aliphatic rings. The fourth-order valence-corrected chi connectivity index (χ4v) is 3.27. The predicted octanol–water partition coefficient (Wildman–Crippen LogP) is 4.62. The maximum Gasteiger partial charge on any atom is 0.306 e. The van der Waals surface area contributed by atoms with Gasteiger partial charge in [0, 0.05) is 11.8 Å². The van der Waals surface area contributed by atoms with Crippen LogP contribution in [0.25, 0.3) is 0 Å². The summed E-state index contributed by atoms with van der Waals surface area (Å²) in [7, 11) is 0. The number of benzene rings is 1. The highest BCUT2D eigenvalue weighted by atomic mass is 16.5. The molecule has 0 saturated heterocycles. The van der Waals surface area contributed by atoms with Gasteiger partial charge in [-0.3, -0.25) is 4.79 Å². The molecule has 0 heterocycles. The second-order valence-corrected chi connectivity index (χ2v) is 7.37. The van der Waals surface area contributed by atoms with E-state index in [2.05, 4.69) is 39.8 Å². The van der Waals surface area contributed by atoms with Gasteiger partial charge in [0.1, 0.15) is 0 Å². The SMILES string of the molecule is C[C@@H]1CC[C@](C)(COC(=O)CCc2ccccc2)C1(C)C. The molecule has 0 aromatic heterocycles. The molecule has 1 aliphatic carbocycles. The molecule has 0 aliphatic heterocycles. The lowest BCUT2D eigenvalue weighted by Gasteiger charge is -2.40. The summed E-state index contributed by atoms with van der Waals surface area (Å²) in [5, 5.41) is 0. The van der Waals surface area contributed by atoms with E-state index >= 15 is 0 Å². The third-order valence-electron chi connectivity index (χ3n) is 5.93. The number of carbonyl (C=O) groups is 1. The quantitative estimate of drug-likeness (QED) is 0.739. The van der Waals surface area contributed by atoms with Crippen molar-refractivity contribution in [3.63, 3.8) is 0 Å². The minimum absolute atomic E-state index is 0.0737. The highest BCUT2D eigenvalue weighted by molar-refractivity contribution is 5.69. The molecule has 0 unspecified atom stereocenters. The van der Waals surface area contributed by atoms with Gasteiger partial charge in [0.2, 0.25) is 0 Å². The Morgan fingerprint density at radius 3 is 2.48 bits per heavy atom. The number of hydrogen-bond donors (Lipinski definition) is 0. The lowest BCUT2D eigenvalue weighted by molar-refractivity contribution is -0.149. The summed E-state index contributed by atoms with van der Waals surface area (Å²) in [6.07, 6.45) is 3.60. The lowest BCUT2D eigenvalue weighted by atomic mass is 9.66. The lowest BCUT2D eigenvalue weighted by Crippen LogP contribution is -2.37. The van der Waals surface area contributed by atoms with E-state index in [1.807, 2.05) is 18.2 Å². The van der Waals surface area contributed by atoms with Crippen molar-refractivity contribution in [3.8, 4) is 0 Å². The highest BCUT2D eigenvalue weighted by Crippen LogP contribution is 2.55. The maximum atomic E-state index is 12.0. The average molecular weight is 288 g/mol. The topological polar surface area (TPSA) is 26.3 Å². The van der Waals surface area contributed by atoms with Gasteiger partial charge in [0.15, 0.2) is 0 Å². The number of esters is 1. The molecule has 0 spiro atoms. The molecule has 2 rings (SSSR count). The van der Waals surface area contributed by atoms with Gasteiger partial charge in [0.25, 0.3) is 0 Å². The van der Waals surface area contributed by atoms with E-state index in [1.165, 1.54) is 12.0 Å². The standard InChI is InChI=1S/C19H28O2/c1-15-12-13-19(4,18(15,2)3)14-21-17(20)11-10-16-8-6-5-7-9-16/h5-9,15H,10-14H2,1-4H3/t15-,19-/m1/s1. The van der Waals surface area contributed by atoms with Crippen LogP contribution >= 0.6 is 0 Å². The van der Waals surface area contributed by atoms with Gasteiger partial charge in [-0.25, -0.2) is 0 Å². The highest BCUT2D eigenvalue weighted by Gasteiger charge is 2.50. The molecule has 1 aromatic rings. The molecule has 2 atom stereocenters. The van der Waals surface area contributed by atoms with Crippen molar-refractivity contribution in [2.45, 2.75) is 53.4 Å². The average Bonchev–Trinajstić information content (AvgIpc) is 2.68. The first-order valence-corrected chi connectivity index (χ1v) is 8.05. The number of ether oxygens (including phenoxy) is 1. The number of carbonyl (C=O) groups excluding carboxylic acids is 1. The van der Waals surface area contributed by atoms with Crippen molar-refractivity contribution in [1.29, 1.82) is 0 Å². The van der Waals surface area contributed by atoms with Crippen LogP contribution in [0.4, 0.5) is 0 Å². The molecule has 0 radical (unpaired) electrons. The van der Waals surface area contributed by atoms with Gasteiger partial charge < -0.3 is 4.74 Å². The Bertz CT molecular complexity index is 478. The first kappa shape index (κ1) is 16.1. The number of rotatable bonds is 5. The van der Waals surface area contributed by atoms with Gasteiger partial charge in [-0.1, -0.05) is 58.0 Å². The number of aryl methyl sites for hydroxylation is 1. The van der Waals surface area contributed by atoms with Crippen molar-refractivity contribution in [1.82, 2.24) is 0 Å². The molecule has 1 fully saturated rings. The van der Waals surface area contributed by atoms with Crippen molar-refractivity contribution in [2.75, 3.05) is 6.61 Å². The molecule has 0 amide bonds. The molecule has 116 valence electrons. The monoisotopic (exact) mass is 288 g/mol. The second kappa shape index (κ2) is 6.21. The van der Waals surface area contributed by atoms with Crippen LogP contribution in [0.2, 0.25) is 0 Å². The Morgan fingerprint density at radius 2 is 1.90 bits per heavy atom. The normalized spacial score (nSPS) is 27.5. The predicted molar refractivity (Wildman–Crippen MR) is 86.0 cm³/mol. The van der Waals surface area contributed by atoms with Crippen LogP contribution < -0.4 is 0 Å². The van der Waals surface area contributed by atoms with E-state index in [-0.39, 0.29) is 16.8 Å². The van der Waals surface area contributed by atoms with Gasteiger partial charge >= 0.3 is 5.97 Å². The molecular weight excluding hydrogens is 260 g/mol. The Hall–Kier alpha value is -1.31. The summed E-state index contributed by atoms with van der Waals surface area (Å²) >= 11 is 0. The van der Waals surface area contributed by atoms with Crippen LogP contribution in [-0.2, 0) is 16.0 Å². The van der Waals surface area contributed by atoms with E-state index in [0.717, 1.165) is 12.8 Å². The van der Waals surface area contributed by atoms with Crippen molar-refractivity contribution in [2.24, 2.45) is 16.7 Å². The largest absolute Gasteiger partial charge is 0.465 e. The molecule has 2 nitrogen and oxygen atoms in total. The summed E-state index contributed by atoms with van der Waals surface area (Å²) in [6, 6.07) is 10.1. The van der Waals surface area contributed by atoms with Crippen LogP contribution in [0.15, 0.2) is 30.3 Å². The molecule has 2 heteroatoms. The van der Waals surface area contributed by atoms with Gasteiger partial charge in [0.05, 0.1) is 6.61 Å². The van der Waals surface area contributed by atoms with Crippen molar-refractivity contribution < 1.29 is 9.53 Å². The third kappa shape index (κ3) is 3.48. The molecule has 0 bridgehead atoms. The van der Waals surface area contributed by atoms with E-state index in [9.17, 15) is 4.79 Å². The van der Waals surface area contributed by atoms with Crippen LogP contribution in [0.5, 0.6) is 0 Å². The van der Waals surface area contributed by atoms with E-state index in [0.29, 0.717) is 18.9 Å². The summed E-state index contributed by atoms with van der Waals surface area (Å²) in [5.74, 6) is 0.612. The minimum Gasteiger partial charge on any atom is -0.465 e. The first-order chi connectivity index (χ1) is 9.85. The smallest absolute Gasteiger partial charge is 0.306 e. The Morgan fingerprint density at radius 1 is 1.24 bits per heavy atom. The first-order valence-electron chi connectivity index (χ1n) is 8.05. The summed E-state index contributed by atoms with van der Waals surface area (Å²) in [4.78, 5) is 12.0. The summed E-state index contributed by atoms with van der Waals surface area (Å²) in [6.45, 7) is 9.74. The fourth-order valence-electron chi connectivity index (χ4n) is 3.27. The van der Waals surface area contributed by atoms with Crippen molar-refractivity contribution in [3.05, 3.63) is 35.9 Å². The fraction of sp³-hybridized carbons (Fsp3) is 0.632. The minimum atomic E-state index is -0.0737. The molecular formula is C19H28O2. The van der Waals surface area contributed by atoms with Crippen LogP contribution in [0.1, 0.15) is 52.5 Å². The second-order valence-electron chi connectivity index (χ2n) is 7.37. The molecule has 21 heavy (non-hydrogen) atoms. The van der Waals surface area contributed by atoms with Crippen molar-refractivity contribution >= 4 is 5.97 Å². The van der Waals surface area contributed by atoms with E-state index in [4.69, 9.17) is 4.74 Å². The van der Waals surface area contributed by atoms with Crippen LogP contribution in [0, 0.1) is 16.7 Å². The van der Waals surface area contributed by atoms with E-state index < -0.39 is 0 Å². The van der Waals surface area contributed by atoms with Gasteiger partial charge in [-0.2, -0.15) is 0 Å². The van der Waals surface area contributed by atoms with Gasteiger partial charge in [-0.15, -0.1) is 0 Å². The Balaban J connectivity index is 1.82. The number of hydrogen-bond acceptors (Lipinski definition) is 2. The van der Waals surface area contributed by atoms with Crippen LogP contribution in [-0.4, -0.2) is 12.6 Å². The Labute approximate surface area is 128 Å². The zero-order chi connectivity index (χ0) is 15.5. The Kier molecular flexibility index (Phi) is 4.75. The zero-order valence-electron chi connectivity index (χ0n) is 13.8. The molecule has 1 saturated carbocycles. The molecule has 1 aromatic carbocycles. The summed E-state index contributed by atoms with van der Waals surface area (Å²) < 4.78 is 5.60.